The average molecular weight is 352 g/mol. The van der Waals surface area contributed by atoms with Crippen LogP contribution in [-0.4, -0.2) is 42.2 Å². The summed E-state index contributed by atoms with van der Waals surface area (Å²) in [5.74, 6) is 0.978. The zero-order chi connectivity index (χ0) is 14.8. The van der Waals surface area contributed by atoms with Crippen LogP contribution in [0.4, 0.5) is 19.0 Å². The van der Waals surface area contributed by atoms with E-state index in [1.165, 1.54) is 4.90 Å². The van der Waals surface area contributed by atoms with Gasteiger partial charge in [0.1, 0.15) is 5.82 Å². The highest BCUT2D eigenvalue weighted by molar-refractivity contribution is 9.10. The van der Waals surface area contributed by atoms with Crippen molar-refractivity contribution in [2.75, 3.05) is 31.5 Å². The van der Waals surface area contributed by atoms with Gasteiger partial charge in [-0.2, -0.15) is 13.2 Å². The molecule has 7 heteroatoms. The first-order valence-corrected chi connectivity index (χ1v) is 7.28. The van der Waals surface area contributed by atoms with Crippen LogP contribution in [0.2, 0.25) is 0 Å². The molecule has 0 saturated carbocycles. The van der Waals surface area contributed by atoms with Gasteiger partial charge in [-0.3, -0.25) is 4.90 Å². The van der Waals surface area contributed by atoms with Crippen LogP contribution in [0.1, 0.15) is 12.0 Å². The predicted octanol–water partition coefficient (Wildman–Crippen LogP) is 3.45. The van der Waals surface area contributed by atoms with E-state index >= 15 is 0 Å². The third-order valence-electron chi connectivity index (χ3n) is 3.41. The lowest BCUT2D eigenvalue weighted by Crippen LogP contribution is -2.33. The van der Waals surface area contributed by atoms with E-state index < -0.39 is 12.7 Å². The molecule has 1 saturated heterocycles. The second kappa shape index (κ2) is 6.30. The van der Waals surface area contributed by atoms with Crippen LogP contribution in [-0.2, 0) is 0 Å². The maximum atomic E-state index is 12.3. The van der Waals surface area contributed by atoms with Gasteiger partial charge >= 0.3 is 6.18 Å². The van der Waals surface area contributed by atoms with Crippen molar-refractivity contribution in [1.82, 2.24) is 9.88 Å². The van der Waals surface area contributed by atoms with E-state index in [4.69, 9.17) is 0 Å². The molecule has 0 amide bonds. The lowest BCUT2D eigenvalue weighted by molar-refractivity contribution is -0.143. The molecule has 1 atom stereocenters. The molecule has 0 aromatic carbocycles. The number of aromatic nitrogens is 1. The molecule has 1 aromatic rings. The van der Waals surface area contributed by atoms with E-state index in [1.807, 2.05) is 13.0 Å². The summed E-state index contributed by atoms with van der Waals surface area (Å²) in [4.78, 5) is 5.69. The molecule has 0 radical (unpaired) electrons. The van der Waals surface area contributed by atoms with Gasteiger partial charge in [0, 0.05) is 19.3 Å². The molecule has 1 fully saturated rings. The van der Waals surface area contributed by atoms with Crippen LogP contribution in [0.3, 0.4) is 0 Å². The smallest absolute Gasteiger partial charge is 0.369 e. The standard InChI is InChI=1S/C13H17BrF3N3/c1-9-2-4-18-12(11(9)14)19-6-10-3-5-20(7-10)8-13(15,16)17/h2,4,10H,3,5-8H2,1H3,(H,18,19). The number of nitrogens with zero attached hydrogens (tertiary/aromatic N) is 2. The molecule has 0 spiro atoms. The molecule has 1 unspecified atom stereocenters. The number of nitrogens with one attached hydrogen (secondary N) is 1. The first kappa shape index (κ1) is 15.6. The van der Waals surface area contributed by atoms with Gasteiger partial charge in [0.05, 0.1) is 11.0 Å². The molecular weight excluding hydrogens is 335 g/mol. The maximum absolute atomic E-state index is 12.3. The Morgan fingerprint density at radius 1 is 1.50 bits per heavy atom. The molecule has 20 heavy (non-hydrogen) atoms. The summed E-state index contributed by atoms with van der Waals surface area (Å²) >= 11 is 3.46. The predicted molar refractivity (Wildman–Crippen MR) is 75.8 cm³/mol. The van der Waals surface area contributed by atoms with Gasteiger partial charge < -0.3 is 5.32 Å². The number of halogens is 4. The molecular formula is C13H17BrF3N3. The molecule has 2 heterocycles. The highest BCUT2D eigenvalue weighted by Crippen LogP contribution is 2.26. The van der Waals surface area contributed by atoms with Gasteiger partial charge in [-0.1, -0.05) is 0 Å². The summed E-state index contributed by atoms with van der Waals surface area (Å²) in [6.07, 6.45) is -1.61. The Morgan fingerprint density at radius 3 is 2.95 bits per heavy atom. The Balaban J connectivity index is 1.83. The van der Waals surface area contributed by atoms with Gasteiger partial charge in [0.15, 0.2) is 0 Å². The second-order valence-electron chi connectivity index (χ2n) is 5.18. The lowest BCUT2D eigenvalue weighted by atomic mass is 10.1. The highest BCUT2D eigenvalue weighted by Gasteiger charge is 2.34. The number of pyridine rings is 1. The average Bonchev–Trinajstić information content (AvgIpc) is 2.76. The Morgan fingerprint density at radius 2 is 2.25 bits per heavy atom. The van der Waals surface area contributed by atoms with Crippen LogP contribution >= 0.6 is 15.9 Å². The second-order valence-corrected chi connectivity index (χ2v) is 5.97. The maximum Gasteiger partial charge on any atom is 0.401 e. The van der Waals surface area contributed by atoms with E-state index in [2.05, 4.69) is 26.2 Å². The van der Waals surface area contributed by atoms with Crippen LogP contribution in [0.25, 0.3) is 0 Å². The third kappa shape index (κ3) is 4.34. The van der Waals surface area contributed by atoms with Crippen molar-refractivity contribution in [1.29, 1.82) is 0 Å². The van der Waals surface area contributed by atoms with Crippen molar-refractivity contribution in [2.24, 2.45) is 5.92 Å². The monoisotopic (exact) mass is 351 g/mol. The Hall–Kier alpha value is -0.820. The summed E-state index contributed by atoms with van der Waals surface area (Å²) in [7, 11) is 0. The van der Waals surface area contributed by atoms with E-state index in [9.17, 15) is 13.2 Å². The lowest BCUT2D eigenvalue weighted by Gasteiger charge is -2.18. The number of rotatable bonds is 4. The van der Waals surface area contributed by atoms with Crippen molar-refractivity contribution in [3.63, 3.8) is 0 Å². The molecule has 1 aromatic heterocycles. The van der Waals surface area contributed by atoms with Gasteiger partial charge in [-0.25, -0.2) is 4.98 Å². The normalized spacial score (nSPS) is 20.4. The molecule has 0 bridgehead atoms. The van der Waals surface area contributed by atoms with Crippen LogP contribution in [0.15, 0.2) is 16.7 Å². The fourth-order valence-electron chi connectivity index (χ4n) is 2.38. The van der Waals surface area contributed by atoms with E-state index in [0.29, 0.717) is 19.6 Å². The zero-order valence-electron chi connectivity index (χ0n) is 11.2. The van der Waals surface area contributed by atoms with Crippen LogP contribution in [0.5, 0.6) is 0 Å². The fraction of sp³-hybridized carbons (Fsp3) is 0.615. The first-order chi connectivity index (χ1) is 9.35. The zero-order valence-corrected chi connectivity index (χ0v) is 12.8. The minimum Gasteiger partial charge on any atom is -0.369 e. The largest absolute Gasteiger partial charge is 0.401 e. The summed E-state index contributed by atoms with van der Waals surface area (Å²) in [5, 5.41) is 3.21. The number of anilines is 1. The molecule has 3 nitrogen and oxygen atoms in total. The molecule has 1 aliphatic rings. The molecule has 2 rings (SSSR count). The topological polar surface area (TPSA) is 28.2 Å². The van der Waals surface area contributed by atoms with Crippen LogP contribution < -0.4 is 5.32 Å². The van der Waals surface area contributed by atoms with Gasteiger partial charge in [-0.05, 0) is 53.4 Å². The van der Waals surface area contributed by atoms with Gasteiger partial charge in [0.25, 0.3) is 0 Å². The van der Waals surface area contributed by atoms with Crippen molar-refractivity contribution in [3.05, 3.63) is 22.3 Å². The van der Waals surface area contributed by atoms with E-state index in [-0.39, 0.29) is 5.92 Å². The van der Waals surface area contributed by atoms with Crippen LogP contribution in [0, 0.1) is 12.8 Å². The first-order valence-electron chi connectivity index (χ1n) is 6.49. The number of hydrogen-bond acceptors (Lipinski definition) is 3. The Labute approximate surface area is 124 Å². The molecule has 1 aliphatic heterocycles. The molecule has 1 N–H and O–H groups in total. The summed E-state index contributed by atoms with van der Waals surface area (Å²) in [6, 6.07) is 1.90. The van der Waals surface area contributed by atoms with Gasteiger partial charge in [-0.15, -0.1) is 0 Å². The highest BCUT2D eigenvalue weighted by atomic mass is 79.9. The van der Waals surface area contributed by atoms with Crippen molar-refractivity contribution < 1.29 is 13.2 Å². The van der Waals surface area contributed by atoms with E-state index in [0.717, 1.165) is 22.3 Å². The van der Waals surface area contributed by atoms with Crippen molar-refractivity contribution >= 4 is 21.7 Å². The number of likely N-dealkylation sites (tertiary alicyclic amines) is 1. The number of hydrogen-bond donors (Lipinski definition) is 1. The summed E-state index contributed by atoms with van der Waals surface area (Å²) in [6.45, 7) is 2.79. The summed E-state index contributed by atoms with van der Waals surface area (Å²) in [5.41, 5.74) is 1.08. The number of aryl methyl sites for hydroxylation is 1. The molecule has 112 valence electrons. The minimum atomic E-state index is -4.11. The van der Waals surface area contributed by atoms with Crippen molar-refractivity contribution in [3.8, 4) is 0 Å². The van der Waals surface area contributed by atoms with E-state index in [1.54, 1.807) is 6.20 Å². The van der Waals surface area contributed by atoms with Crippen molar-refractivity contribution in [2.45, 2.75) is 19.5 Å². The Kier molecular flexibility index (Phi) is 4.90. The summed E-state index contributed by atoms with van der Waals surface area (Å²) < 4.78 is 37.8. The third-order valence-corrected chi connectivity index (χ3v) is 4.41. The van der Waals surface area contributed by atoms with Gasteiger partial charge in [0.2, 0.25) is 0 Å². The SMILES string of the molecule is Cc1ccnc(NCC2CCN(CC(F)(F)F)C2)c1Br. The number of alkyl halides is 3. The Bertz CT molecular complexity index is 465. The quantitative estimate of drug-likeness (QED) is 0.900. The molecule has 0 aliphatic carbocycles. The minimum absolute atomic E-state index is 0.228. The fourth-order valence-corrected chi connectivity index (χ4v) is 2.76.